The van der Waals surface area contributed by atoms with Crippen LogP contribution in [0.5, 0.6) is 0 Å². The Kier molecular flexibility index (Phi) is 10.4. The van der Waals surface area contributed by atoms with Crippen molar-refractivity contribution in [1.29, 1.82) is 0 Å². The van der Waals surface area contributed by atoms with E-state index in [1.54, 1.807) is 12.1 Å². The van der Waals surface area contributed by atoms with E-state index in [0.717, 1.165) is 10.0 Å². The van der Waals surface area contributed by atoms with E-state index in [1.807, 2.05) is 6.92 Å². The van der Waals surface area contributed by atoms with E-state index in [1.165, 1.54) is 57.2 Å². The predicted molar refractivity (Wildman–Crippen MR) is 95.4 cm³/mol. The lowest BCUT2D eigenvalue weighted by molar-refractivity contribution is -0.870. The van der Waals surface area contributed by atoms with Crippen LogP contribution in [0.3, 0.4) is 0 Å². The molecular formula is C18H33NO3S. The fraction of sp³-hybridized carbons (Fsp3) is 0.667. The number of quaternary nitrogens is 1. The van der Waals surface area contributed by atoms with Crippen molar-refractivity contribution in [1.82, 2.24) is 0 Å². The Morgan fingerprint density at radius 3 is 1.83 bits per heavy atom. The van der Waals surface area contributed by atoms with Gasteiger partial charge in [0, 0.05) is 0 Å². The summed E-state index contributed by atoms with van der Waals surface area (Å²) in [5.74, 6) is 0. The second-order valence-corrected chi connectivity index (χ2v) is 8.43. The average molecular weight is 344 g/mol. The number of unbranched alkanes of at least 4 members (excludes halogenated alkanes) is 5. The summed E-state index contributed by atoms with van der Waals surface area (Å²) in [6.07, 6.45) is 8.48. The zero-order valence-electron chi connectivity index (χ0n) is 15.3. The number of hydrogen-bond acceptors (Lipinski definition) is 3. The molecule has 1 rings (SSSR count). The molecule has 1 aromatic rings. The largest absolute Gasteiger partial charge is 0.744 e. The molecule has 0 radical (unpaired) electrons. The summed E-state index contributed by atoms with van der Waals surface area (Å²) in [5, 5.41) is 0. The van der Waals surface area contributed by atoms with Crippen molar-refractivity contribution < 1.29 is 17.5 Å². The molecule has 1 aromatic carbocycles. The van der Waals surface area contributed by atoms with Crippen molar-refractivity contribution >= 4 is 10.1 Å². The van der Waals surface area contributed by atoms with Gasteiger partial charge < -0.3 is 9.04 Å². The Balaban J connectivity index is 0.000000422. The van der Waals surface area contributed by atoms with Crippen LogP contribution in [0, 0.1) is 6.92 Å². The van der Waals surface area contributed by atoms with Crippen molar-refractivity contribution in [2.75, 3.05) is 27.7 Å². The molecule has 0 bridgehead atoms. The minimum atomic E-state index is -4.27. The Morgan fingerprint density at radius 2 is 1.39 bits per heavy atom. The van der Waals surface area contributed by atoms with Gasteiger partial charge in [-0.25, -0.2) is 8.42 Å². The van der Waals surface area contributed by atoms with Gasteiger partial charge in [0.2, 0.25) is 0 Å². The number of nitrogens with zero attached hydrogens (tertiary/aromatic N) is 1. The summed E-state index contributed by atoms with van der Waals surface area (Å²) in [6, 6.07) is 5.78. The van der Waals surface area contributed by atoms with Crippen LogP contribution in [0.1, 0.15) is 51.0 Å². The Labute approximate surface area is 142 Å². The lowest BCUT2D eigenvalue weighted by Crippen LogP contribution is -2.35. The second kappa shape index (κ2) is 10.8. The highest BCUT2D eigenvalue weighted by Gasteiger charge is 2.04. The van der Waals surface area contributed by atoms with E-state index in [0.29, 0.717) is 0 Å². The summed E-state index contributed by atoms with van der Waals surface area (Å²) in [5.41, 5.74) is 0.928. The minimum absolute atomic E-state index is 0.178. The lowest BCUT2D eigenvalue weighted by Gasteiger charge is -2.23. The van der Waals surface area contributed by atoms with Crippen molar-refractivity contribution in [3.05, 3.63) is 29.8 Å². The highest BCUT2D eigenvalue weighted by molar-refractivity contribution is 7.85. The van der Waals surface area contributed by atoms with Crippen molar-refractivity contribution in [3.63, 3.8) is 0 Å². The van der Waals surface area contributed by atoms with E-state index >= 15 is 0 Å². The van der Waals surface area contributed by atoms with Gasteiger partial charge in [-0.1, -0.05) is 50.3 Å². The van der Waals surface area contributed by atoms with E-state index in [2.05, 4.69) is 28.1 Å². The molecule has 0 aromatic heterocycles. The summed E-state index contributed by atoms with van der Waals surface area (Å²) in [6.45, 7) is 5.42. The molecule has 0 atom stereocenters. The fourth-order valence-electron chi connectivity index (χ4n) is 2.07. The topological polar surface area (TPSA) is 57.2 Å². The molecule has 0 amide bonds. The first-order valence-electron chi connectivity index (χ1n) is 8.39. The van der Waals surface area contributed by atoms with Crippen LogP contribution in [-0.4, -0.2) is 45.1 Å². The fourth-order valence-corrected chi connectivity index (χ4v) is 2.54. The van der Waals surface area contributed by atoms with Gasteiger partial charge in [-0.2, -0.15) is 0 Å². The molecule has 0 aliphatic heterocycles. The van der Waals surface area contributed by atoms with E-state index in [4.69, 9.17) is 0 Å². The molecule has 0 unspecified atom stereocenters. The number of rotatable bonds is 8. The maximum Gasteiger partial charge on any atom is 0.124 e. The monoisotopic (exact) mass is 343 g/mol. The molecule has 5 heteroatoms. The third-order valence-corrected chi connectivity index (χ3v) is 4.34. The van der Waals surface area contributed by atoms with Crippen molar-refractivity contribution in [2.24, 2.45) is 0 Å². The van der Waals surface area contributed by atoms with Crippen LogP contribution >= 0.6 is 0 Å². The van der Waals surface area contributed by atoms with Gasteiger partial charge in [-0.05, 0) is 31.9 Å². The lowest BCUT2D eigenvalue weighted by atomic mass is 10.1. The molecule has 0 aliphatic rings. The Bertz CT molecular complexity index is 516. The first-order chi connectivity index (χ1) is 10.6. The van der Waals surface area contributed by atoms with Gasteiger partial charge in [0.25, 0.3) is 0 Å². The van der Waals surface area contributed by atoms with Crippen LogP contribution in [0.2, 0.25) is 0 Å². The smallest absolute Gasteiger partial charge is 0.124 e. The summed E-state index contributed by atoms with van der Waals surface area (Å²) in [4.78, 5) is -0.178. The third kappa shape index (κ3) is 13.2. The SMILES string of the molecule is CCCCCCCC[N+](C)(C)C.Cc1ccc(S(=O)(=O)[O-])cc1. The van der Waals surface area contributed by atoms with Crippen molar-refractivity contribution in [3.8, 4) is 0 Å². The maximum atomic E-state index is 10.4. The van der Waals surface area contributed by atoms with Crippen molar-refractivity contribution in [2.45, 2.75) is 57.3 Å². The van der Waals surface area contributed by atoms with Gasteiger partial charge in [0.1, 0.15) is 10.1 Å². The maximum absolute atomic E-state index is 10.4. The third-order valence-electron chi connectivity index (χ3n) is 3.49. The standard InChI is InChI=1S/C11H26N.C7H8O3S/c1-5-6-7-8-9-10-11-12(2,3)4;1-6-2-4-7(5-3-6)11(8,9)10/h5-11H2,1-4H3;2-5H,1H3,(H,8,9,10)/q+1;/p-1. The molecule has 0 N–H and O–H groups in total. The van der Waals surface area contributed by atoms with Crippen LogP contribution in [0.25, 0.3) is 0 Å². The number of hydrogen-bond donors (Lipinski definition) is 0. The molecule has 0 saturated carbocycles. The highest BCUT2D eigenvalue weighted by Crippen LogP contribution is 2.08. The van der Waals surface area contributed by atoms with Crippen LogP contribution in [0.4, 0.5) is 0 Å². The van der Waals surface area contributed by atoms with E-state index < -0.39 is 10.1 Å². The van der Waals surface area contributed by atoms with E-state index in [9.17, 15) is 13.0 Å². The Morgan fingerprint density at radius 1 is 0.913 bits per heavy atom. The Hall–Kier alpha value is -0.910. The summed E-state index contributed by atoms with van der Waals surface area (Å²) >= 11 is 0. The molecule has 134 valence electrons. The number of aryl methyl sites for hydroxylation is 1. The van der Waals surface area contributed by atoms with Gasteiger partial charge in [0.05, 0.1) is 32.6 Å². The second-order valence-electron chi connectivity index (χ2n) is 7.05. The molecule has 0 saturated heterocycles. The molecule has 4 nitrogen and oxygen atoms in total. The van der Waals surface area contributed by atoms with Crippen LogP contribution < -0.4 is 0 Å². The highest BCUT2D eigenvalue weighted by atomic mass is 32.2. The normalized spacial score (nSPS) is 11.7. The quantitative estimate of drug-likeness (QED) is 0.408. The molecule has 0 spiro atoms. The minimum Gasteiger partial charge on any atom is -0.744 e. The van der Waals surface area contributed by atoms with Gasteiger partial charge in [0.15, 0.2) is 0 Å². The molecule has 0 fully saturated rings. The zero-order valence-corrected chi connectivity index (χ0v) is 16.2. The van der Waals surface area contributed by atoms with E-state index in [-0.39, 0.29) is 4.90 Å². The molecule has 0 aliphatic carbocycles. The van der Waals surface area contributed by atoms with Gasteiger partial charge in [-0.3, -0.25) is 0 Å². The summed E-state index contributed by atoms with van der Waals surface area (Å²) in [7, 11) is 2.54. The summed E-state index contributed by atoms with van der Waals surface area (Å²) < 4.78 is 32.3. The molecule has 23 heavy (non-hydrogen) atoms. The van der Waals surface area contributed by atoms with Gasteiger partial charge in [-0.15, -0.1) is 0 Å². The first-order valence-corrected chi connectivity index (χ1v) is 9.80. The molecule has 0 heterocycles. The average Bonchev–Trinajstić information content (AvgIpc) is 2.42. The number of benzene rings is 1. The van der Waals surface area contributed by atoms with Gasteiger partial charge >= 0.3 is 0 Å². The zero-order chi connectivity index (χ0) is 17.9. The predicted octanol–water partition coefficient (Wildman–Crippen LogP) is 3.95. The van der Waals surface area contributed by atoms with Crippen LogP contribution in [-0.2, 0) is 10.1 Å². The molecular weight excluding hydrogens is 310 g/mol. The van der Waals surface area contributed by atoms with Crippen LogP contribution in [0.15, 0.2) is 29.2 Å². The first kappa shape index (κ1) is 22.1.